The minimum absolute atomic E-state index is 0.122. The lowest BCUT2D eigenvalue weighted by atomic mass is 9.90. The van der Waals surface area contributed by atoms with E-state index in [1.54, 1.807) is 19.3 Å². The number of carbonyl (C=O) groups excluding carboxylic acids is 1. The zero-order valence-corrected chi connectivity index (χ0v) is 15.4. The van der Waals surface area contributed by atoms with Crippen LogP contribution in [-0.2, 0) is 4.79 Å². The second-order valence-electron chi connectivity index (χ2n) is 6.82. The van der Waals surface area contributed by atoms with Crippen LogP contribution in [0.2, 0.25) is 0 Å². The Morgan fingerprint density at radius 1 is 1.22 bits per heavy atom. The van der Waals surface area contributed by atoms with Crippen molar-refractivity contribution in [1.29, 1.82) is 0 Å². The van der Waals surface area contributed by atoms with Gasteiger partial charge in [0, 0.05) is 44.4 Å². The predicted molar refractivity (Wildman–Crippen MR) is 99.7 cm³/mol. The molecule has 0 spiro atoms. The molecule has 27 heavy (non-hydrogen) atoms. The van der Waals surface area contributed by atoms with Crippen molar-refractivity contribution in [1.82, 2.24) is 25.0 Å². The van der Waals surface area contributed by atoms with Crippen molar-refractivity contribution in [3.63, 3.8) is 0 Å². The Hall–Kier alpha value is -3.09. The van der Waals surface area contributed by atoms with Crippen LogP contribution >= 0.6 is 0 Å². The number of pyridine rings is 1. The van der Waals surface area contributed by atoms with Crippen LogP contribution in [0.3, 0.4) is 0 Å². The maximum absolute atomic E-state index is 11.6. The van der Waals surface area contributed by atoms with Gasteiger partial charge in [0.25, 0.3) is 0 Å². The van der Waals surface area contributed by atoms with Crippen molar-refractivity contribution >= 4 is 5.91 Å². The molecule has 1 fully saturated rings. The largest absolute Gasteiger partial charge is 0.356 e. The van der Waals surface area contributed by atoms with E-state index in [9.17, 15) is 4.79 Å². The lowest BCUT2D eigenvalue weighted by Gasteiger charge is -2.31. The van der Waals surface area contributed by atoms with Gasteiger partial charge in [0.2, 0.25) is 5.91 Å². The van der Waals surface area contributed by atoms with Gasteiger partial charge in [-0.1, -0.05) is 11.2 Å². The smallest absolute Gasteiger partial charge is 0.219 e. The number of rotatable bonds is 3. The van der Waals surface area contributed by atoms with Crippen molar-refractivity contribution in [2.45, 2.75) is 32.6 Å². The number of hydrogen-bond donors (Lipinski definition) is 0. The van der Waals surface area contributed by atoms with Crippen molar-refractivity contribution in [2.75, 3.05) is 13.1 Å². The van der Waals surface area contributed by atoms with E-state index in [2.05, 4.69) is 15.1 Å². The molecule has 0 bridgehead atoms. The molecule has 3 aromatic heterocycles. The van der Waals surface area contributed by atoms with Crippen LogP contribution in [0.25, 0.3) is 22.8 Å². The third kappa shape index (κ3) is 3.58. The average molecular weight is 363 g/mol. The molecule has 0 aromatic carbocycles. The van der Waals surface area contributed by atoms with Crippen molar-refractivity contribution in [3.05, 3.63) is 48.0 Å². The third-order valence-corrected chi connectivity index (χ3v) is 4.93. The van der Waals surface area contributed by atoms with Crippen molar-refractivity contribution in [3.8, 4) is 22.8 Å². The molecule has 4 rings (SSSR count). The summed E-state index contributed by atoms with van der Waals surface area (Å²) in [5, 5.41) is 4.00. The van der Waals surface area contributed by atoms with Gasteiger partial charge in [-0.2, -0.15) is 0 Å². The van der Waals surface area contributed by atoms with Gasteiger partial charge in [0.1, 0.15) is 5.69 Å². The fourth-order valence-electron chi connectivity index (χ4n) is 3.47. The predicted octanol–water partition coefficient (Wildman–Crippen LogP) is 3.23. The second-order valence-corrected chi connectivity index (χ2v) is 6.82. The fourth-order valence-corrected chi connectivity index (χ4v) is 3.47. The number of likely N-dealkylation sites (tertiary alicyclic amines) is 1. The molecule has 1 aliphatic heterocycles. The van der Waals surface area contributed by atoms with Crippen LogP contribution in [0.15, 0.2) is 41.2 Å². The van der Waals surface area contributed by atoms with E-state index in [1.807, 2.05) is 36.1 Å². The lowest BCUT2D eigenvalue weighted by Crippen LogP contribution is -2.36. The summed E-state index contributed by atoms with van der Waals surface area (Å²) in [6, 6.07) is 7.58. The van der Waals surface area contributed by atoms with Gasteiger partial charge >= 0.3 is 0 Å². The first-order chi connectivity index (χ1) is 13.1. The molecule has 1 amide bonds. The molecule has 0 radical (unpaired) electrons. The van der Waals surface area contributed by atoms with Gasteiger partial charge in [-0.05, 0) is 31.9 Å². The molecule has 138 valence electrons. The zero-order chi connectivity index (χ0) is 18.8. The first-order valence-corrected chi connectivity index (χ1v) is 9.09. The fraction of sp³-hybridized carbons (Fsp3) is 0.350. The monoisotopic (exact) mass is 363 g/mol. The van der Waals surface area contributed by atoms with Crippen LogP contribution in [0, 0.1) is 6.92 Å². The van der Waals surface area contributed by atoms with Crippen LogP contribution in [0.5, 0.6) is 0 Å². The van der Waals surface area contributed by atoms with E-state index in [0.717, 1.165) is 48.6 Å². The molecule has 3 aromatic rings. The highest BCUT2D eigenvalue weighted by molar-refractivity contribution is 5.73. The molecule has 1 saturated heterocycles. The summed E-state index contributed by atoms with van der Waals surface area (Å²) in [7, 11) is 0. The number of amides is 1. The Morgan fingerprint density at radius 2 is 2.04 bits per heavy atom. The Balaban J connectivity index is 1.73. The van der Waals surface area contributed by atoms with Gasteiger partial charge in [0.05, 0.1) is 17.0 Å². The number of aryl methyl sites for hydroxylation is 1. The van der Waals surface area contributed by atoms with E-state index >= 15 is 0 Å². The normalized spacial score (nSPS) is 15.1. The lowest BCUT2D eigenvalue weighted by molar-refractivity contribution is -0.129. The van der Waals surface area contributed by atoms with Crippen LogP contribution < -0.4 is 0 Å². The Bertz CT molecular complexity index is 946. The number of nitrogens with zero attached hydrogens (tertiary/aromatic N) is 5. The van der Waals surface area contributed by atoms with Gasteiger partial charge in [-0.25, -0.2) is 9.97 Å². The van der Waals surface area contributed by atoms with Gasteiger partial charge in [0.15, 0.2) is 11.6 Å². The first kappa shape index (κ1) is 17.3. The number of hydrogen-bond acceptors (Lipinski definition) is 6. The summed E-state index contributed by atoms with van der Waals surface area (Å²) < 4.78 is 5.48. The van der Waals surface area contributed by atoms with E-state index in [-0.39, 0.29) is 11.8 Å². The Kier molecular flexibility index (Phi) is 4.66. The summed E-state index contributed by atoms with van der Waals surface area (Å²) in [5.41, 5.74) is 3.35. The van der Waals surface area contributed by atoms with Crippen molar-refractivity contribution in [2.24, 2.45) is 0 Å². The third-order valence-electron chi connectivity index (χ3n) is 4.93. The van der Waals surface area contributed by atoms with E-state index < -0.39 is 0 Å². The molecular formula is C20H21N5O2. The molecule has 1 aliphatic rings. The summed E-state index contributed by atoms with van der Waals surface area (Å²) in [6.45, 7) is 4.98. The quantitative estimate of drug-likeness (QED) is 0.710. The molecule has 0 aliphatic carbocycles. The highest BCUT2D eigenvalue weighted by atomic mass is 16.5. The van der Waals surface area contributed by atoms with E-state index in [0.29, 0.717) is 11.6 Å². The molecule has 0 N–H and O–H groups in total. The first-order valence-electron chi connectivity index (χ1n) is 9.09. The van der Waals surface area contributed by atoms with Gasteiger partial charge in [-0.3, -0.25) is 9.78 Å². The Labute approximate surface area is 157 Å². The van der Waals surface area contributed by atoms with Crippen molar-refractivity contribution < 1.29 is 9.32 Å². The minimum Gasteiger partial charge on any atom is -0.356 e. The van der Waals surface area contributed by atoms with Gasteiger partial charge < -0.3 is 9.42 Å². The highest BCUT2D eigenvalue weighted by Gasteiger charge is 2.27. The summed E-state index contributed by atoms with van der Waals surface area (Å²) >= 11 is 0. The molecule has 0 atom stereocenters. The number of carbonyl (C=O) groups is 1. The summed E-state index contributed by atoms with van der Waals surface area (Å²) in [5.74, 6) is 1.62. The summed E-state index contributed by atoms with van der Waals surface area (Å²) in [4.78, 5) is 27.3. The number of aromatic nitrogens is 4. The van der Waals surface area contributed by atoms with Crippen LogP contribution in [-0.4, -0.2) is 44.0 Å². The second kappa shape index (κ2) is 7.26. The van der Waals surface area contributed by atoms with Crippen LogP contribution in [0.4, 0.5) is 0 Å². The topological polar surface area (TPSA) is 85.0 Å². The average Bonchev–Trinajstić information content (AvgIpc) is 3.14. The van der Waals surface area contributed by atoms with Crippen LogP contribution in [0.1, 0.15) is 37.1 Å². The van der Waals surface area contributed by atoms with Gasteiger partial charge in [-0.15, -0.1) is 0 Å². The molecular weight excluding hydrogens is 342 g/mol. The number of piperidine rings is 1. The maximum Gasteiger partial charge on any atom is 0.219 e. The molecule has 4 heterocycles. The minimum atomic E-state index is 0.122. The standard InChI is InChI=1S/C20H21N5O2/c1-13-11-18(27-24-13)16-12-22-20(17-5-3-4-8-21-17)23-19(16)15-6-9-25(10-7-15)14(2)26/h3-5,8,11-12,15H,6-7,9-10H2,1-2H3. The highest BCUT2D eigenvalue weighted by Crippen LogP contribution is 2.35. The van der Waals surface area contributed by atoms with E-state index in [4.69, 9.17) is 9.51 Å². The molecule has 7 heteroatoms. The summed E-state index contributed by atoms with van der Waals surface area (Å²) in [6.07, 6.45) is 5.25. The SMILES string of the molecule is CC(=O)N1CCC(c2nc(-c3ccccn3)ncc2-c2cc(C)no2)CC1. The Morgan fingerprint density at radius 3 is 2.67 bits per heavy atom. The maximum atomic E-state index is 11.6. The zero-order valence-electron chi connectivity index (χ0n) is 15.4. The molecule has 7 nitrogen and oxygen atoms in total. The van der Waals surface area contributed by atoms with E-state index in [1.165, 1.54) is 0 Å². The molecule has 0 unspecified atom stereocenters. The molecule has 0 saturated carbocycles.